The highest BCUT2D eigenvalue weighted by atomic mass is 16.4. The molecule has 0 aromatic heterocycles. The summed E-state index contributed by atoms with van der Waals surface area (Å²) in [5.74, 6) is -0.923. The molecule has 27 heavy (non-hydrogen) atoms. The molecule has 1 saturated carbocycles. The van der Waals surface area contributed by atoms with E-state index in [4.69, 9.17) is 0 Å². The first-order chi connectivity index (χ1) is 13.0. The van der Waals surface area contributed by atoms with Crippen molar-refractivity contribution in [3.63, 3.8) is 0 Å². The van der Waals surface area contributed by atoms with Gasteiger partial charge >= 0.3 is 5.97 Å². The van der Waals surface area contributed by atoms with Crippen LogP contribution in [-0.2, 0) is 9.59 Å². The topological polar surface area (TPSA) is 66.4 Å². The second kappa shape index (κ2) is 14.0. The zero-order valence-electron chi connectivity index (χ0n) is 17.9. The van der Waals surface area contributed by atoms with Gasteiger partial charge in [0.1, 0.15) is 5.54 Å². The van der Waals surface area contributed by atoms with Crippen molar-refractivity contribution in [1.82, 2.24) is 5.32 Å². The van der Waals surface area contributed by atoms with Crippen LogP contribution in [0.3, 0.4) is 0 Å². The van der Waals surface area contributed by atoms with Crippen LogP contribution >= 0.6 is 0 Å². The van der Waals surface area contributed by atoms with Crippen molar-refractivity contribution in [2.24, 2.45) is 5.92 Å². The van der Waals surface area contributed by atoms with E-state index in [1.165, 1.54) is 64.2 Å². The molecule has 1 aliphatic rings. The van der Waals surface area contributed by atoms with E-state index in [1.807, 2.05) is 0 Å². The number of rotatable bonds is 15. The fourth-order valence-corrected chi connectivity index (χ4v) is 4.31. The summed E-state index contributed by atoms with van der Waals surface area (Å²) < 4.78 is 0. The van der Waals surface area contributed by atoms with Crippen molar-refractivity contribution in [1.29, 1.82) is 0 Å². The van der Waals surface area contributed by atoms with Gasteiger partial charge in [0.2, 0.25) is 5.91 Å². The first-order valence-electron chi connectivity index (χ1n) is 11.5. The number of carbonyl (C=O) groups is 2. The first kappa shape index (κ1) is 24.0. The number of hydrogen-bond donors (Lipinski definition) is 2. The molecule has 0 aromatic rings. The minimum absolute atomic E-state index is 0.0602. The SMILES string of the molecule is CCCCCCCCCCCCCC(=O)NC(C)(C(=O)O)C1CCCCC1. The Morgan fingerprint density at radius 1 is 0.852 bits per heavy atom. The predicted molar refractivity (Wildman–Crippen MR) is 112 cm³/mol. The maximum Gasteiger partial charge on any atom is 0.329 e. The summed E-state index contributed by atoms with van der Waals surface area (Å²) in [5, 5.41) is 12.5. The van der Waals surface area contributed by atoms with E-state index in [2.05, 4.69) is 12.2 Å². The molecule has 0 heterocycles. The Hall–Kier alpha value is -1.06. The van der Waals surface area contributed by atoms with Crippen molar-refractivity contribution in [2.45, 2.75) is 129 Å². The zero-order valence-corrected chi connectivity index (χ0v) is 17.9. The molecule has 0 saturated heterocycles. The molecule has 0 aromatic carbocycles. The number of unbranched alkanes of at least 4 members (excludes halogenated alkanes) is 10. The summed E-state index contributed by atoms with van der Waals surface area (Å²) in [5.41, 5.74) is -1.10. The lowest BCUT2D eigenvalue weighted by Crippen LogP contribution is -2.57. The molecule has 0 aliphatic heterocycles. The summed E-state index contributed by atoms with van der Waals surface area (Å²) in [6.45, 7) is 3.95. The summed E-state index contributed by atoms with van der Waals surface area (Å²) >= 11 is 0. The van der Waals surface area contributed by atoms with Crippen molar-refractivity contribution in [3.8, 4) is 0 Å². The van der Waals surface area contributed by atoms with Crippen LogP contribution in [-0.4, -0.2) is 22.5 Å². The molecule has 4 nitrogen and oxygen atoms in total. The van der Waals surface area contributed by atoms with E-state index in [1.54, 1.807) is 6.92 Å². The largest absolute Gasteiger partial charge is 0.480 e. The second-order valence-corrected chi connectivity index (χ2v) is 8.68. The van der Waals surface area contributed by atoms with Gasteiger partial charge < -0.3 is 10.4 Å². The number of carbonyl (C=O) groups excluding carboxylic acids is 1. The smallest absolute Gasteiger partial charge is 0.329 e. The Kier molecular flexibility index (Phi) is 12.4. The number of hydrogen-bond acceptors (Lipinski definition) is 2. The van der Waals surface area contributed by atoms with Crippen LogP contribution in [0.2, 0.25) is 0 Å². The van der Waals surface area contributed by atoms with Gasteiger partial charge in [-0.1, -0.05) is 90.4 Å². The summed E-state index contributed by atoms with van der Waals surface area (Å²) in [4.78, 5) is 24.1. The molecule has 4 heteroatoms. The number of carboxylic acid groups (broad SMARTS) is 1. The van der Waals surface area contributed by atoms with Crippen LogP contribution in [0.4, 0.5) is 0 Å². The van der Waals surface area contributed by atoms with Crippen LogP contribution in [0.15, 0.2) is 0 Å². The molecule has 1 unspecified atom stereocenters. The van der Waals surface area contributed by atoms with Gasteiger partial charge in [-0.2, -0.15) is 0 Å². The summed E-state index contributed by atoms with van der Waals surface area (Å²) in [6.07, 6.45) is 19.4. The van der Waals surface area contributed by atoms with E-state index in [0.29, 0.717) is 6.42 Å². The van der Waals surface area contributed by atoms with Gasteiger partial charge in [-0.25, -0.2) is 4.79 Å². The summed E-state index contributed by atoms with van der Waals surface area (Å²) in [6, 6.07) is 0. The third-order valence-electron chi connectivity index (χ3n) is 6.27. The van der Waals surface area contributed by atoms with Crippen LogP contribution in [0.25, 0.3) is 0 Å². The average Bonchev–Trinajstić information content (AvgIpc) is 2.66. The minimum Gasteiger partial charge on any atom is -0.480 e. The number of nitrogens with one attached hydrogen (secondary N) is 1. The Labute approximate surface area is 166 Å². The first-order valence-corrected chi connectivity index (χ1v) is 11.5. The Balaban J connectivity index is 2.12. The molecule has 1 amide bonds. The third-order valence-corrected chi connectivity index (χ3v) is 6.27. The van der Waals surface area contributed by atoms with Crippen LogP contribution in [0.5, 0.6) is 0 Å². The van der Waals surface area contributed by atoms with E-state index >= 15 is 0 Å². The van der Waals surface area contributed by atoms with Gasteiger partial charge in [0.15, 0.2) is 0 Å². The van der Waals surface area contributed by atoms with E-state index in [-0.39, 0.29) is 11.8 Å². The highest BCUT2D eigenvalue weighted by molar-refractivity contribution is 5.87. The molecular weight excluding hydrogens is 338 g/mol. The lowest BCUT2D eigenvalue weighted by atomic mass is 9.75. The highest BCUT2D eigenvalue weighted by Gasteiger charge is 2.42. The number of amides is 1. The molecule has 0 bridgehead atoms. The van der Waals surface area contributed by atoms with Crippen molar-refractivity contribution in [3.05, 3.63) is 0 Å². The Morgan fingerprint density at radius 3 is 1.81 bits per heavy atom. The molecular formula is C23H43NO3. The maximum absolute atomic E-state index is 12.3. The highest BCUT2D eigenvalue weighted by Crippen LogP contribution is 2.33. The maximum atomic E-state index is 12.3. The van der Waals surface area contributed by atoms with E-state index in [9.17, 15) is 14.7 Å². The quantitative estimate of drug-likeness (QED) is 0.331. The van der Waals surface area contributed by atoms with Gasteiger partial charge in [0, 0.05) is 6.42 Å². The van der Waals surface area contributed by atoms with Crippen molar-refractivity contribution >= 4 is 11.9 Å². The molecule has 0 radical (unpaired) electrons. The molecule has 0 spiro atoms. The predicted octanol–water partition coefficient (Wildman–Crippen LogP) is 6.23. The molecule has 1 aliphatic carbocycles. The molecule has 1 rings (SSSR count). The second-order valence-electron chi connectivity index (χ2n) is 8.68. The van der Waals surface area contributed by atoms with Crippen molar-refractivity contribution in [2.75, 3.05) is 0 Å². The molecule has 2 N–H and O–H groups in total. The average molecular weight is 382 g/mol. The van der Waals surface area contributed by atoms with Gasteiger partial charge in [-0.05, 0) is 32.1 Å². The summed E-state index contributed by atoms with van der Waals surface area (Å²) in [7, 11) is 0. The standard InChI is InChI=1S/C23H43NO3/c1-3-4-5-6-7-8-9-10-11-12-16-19-21(25)24-23(2,22(26)27)20-17-14-13-15-18-20/h20H,3-19H2,1-2H3,(H,24,25)(H,26,27). The Bertz CT molecular complexity index is 418. The van der Waals surface area contributed by atoms with Gasteiger partial charge in [0.25, 0.3) is 0 Å². The van der Waals surface area contributed by atoms with Crippen LogP contribution in [0.1, 0.15) is 123 Å². The van der Waals surface area contributed by atoms with E-state index in [0.717, 1.165) is 38.5 Å². The fraction of sp³-hybridized carbons (Fsp3) is 0.913. The lowest BCUT2D eigenvalue weighted by Gasteiger charge is -2.37. The third kappa shape index (κ3) is 9.62. The monoisotopic (exact) mass is 381 g/mol. The zero-order chi connectivity index (χ0) is 20.0. The Morgan fingerprint density at radius 2 is 1.33 bits per heavy atom. The normalized spacial score (nSPS) is 17.4. The van der Waals surface area contributed by atoms with Gasteiger partial charge in [-0.15, -0.1) is 0 Å². The number of carboxylic acids is 1. The minimum atomic E-state index is -1.10. The molecule has 1 atom stereocenters. The fourth-order valence-electron chi connectivity index (χ4n) is 4.31. The van der Waals surface area contributed by atoms with Gasteiger partial charge in [-0.3, -0.25) is 4.79 Å². The van der Waals surface area contributed by atoms with Crippen LogP contribution in [0, 0.1) is 5.92 Å². The van der Waals surface area contributed by atoms with E-state index < -0.39 is 11.5 Å². The molecule has 1 fully saturated rings. The van der Waals surface area contributed by atoms with Gasteiger partial charge in [0.05, 0.1) is 0 Å². The lowest BCUT2D eigenvalue weighted by molar-refractivity contribution is -0.150. The van der Waals surface area contributed by atoms with Crippen molar-refractivity contribution < 1.29 is 14.7 Å². The molecule has 158 valence electrons. The number of aliphatic carboxylic acids is 1. The van der Waals surface area contributed by atoms with Crippen LogP contribution < -0.4 is 5.32 Å².